The van der Waals surface area contributed by atoms with Crippen molar-refractivity contribution in [1.82, 2.24) is 9.55 Å². The summed E-state index contributed by atoms with van der Waals surface area (Å²) >= 11 is 0. The van der Waals surface area contributed by atoms with Crippen molar-refractivity contribution in [2.24, 2.45) is 7.05 Å². The van der Waals surface area contributed by atoms with Crippen LogP contribution in [0.3, 0.4) is 0 Å². The fraction of sp³-hybridized carbons (Fsp3) is 0.300. The third-order valence-corrected chi connectivity index (χ3v) is 4.36. The van der Waals surface area contributed by atoms with E-state index in [0.717, 1.165) is 28.8 Å². The summed E-state index contributed by atoms with van der Waals surface area (Å²) in [7, 11) is 1.98. The Bertz CT molecular complexity index is 894. The van der Waals surface area contributed by atoms with E-state index < -0.39 is 5.60 Å². The molecule has 0 radical (unpaired) electrons. The van der Waals surface area contributed by atoms with E-state index in [4.69, 9.17) is 4.74 Å². The van der Waals surface area contributed by atoms with E-state index in [1.807, 2.05) is 74.9 Å². The van der Waals surface area contributed by atoms with Gasteiger partial charge in [0, 0.05) is 12.6 Å². The standard InChI is InChI=1S/C20H22N2O2/c1-5-20(2,3)24-19(23)15-10-8-9-14(13-15)18-21-16-11-6-7-12-17(16)22(18)4/h6-13H,5H2,1-4H3. The van der Waals surface area contributed by atoms with Crippen LogP contribution in [-0.4, -0.2) is 21.1 Å². The van der Waals surface area contributed by atoms with E-state index in [-0.39, 0.29) is 5.97 Å². The lowest BCUT2D eigenvalue weighted by Crippen LogP contribution is -2.27. The van der Waals surface area contributed by atoms with Crippen LogP contribution in [0.2, 0.25) is 0 Å². The van der Waals surface area contributed by atoms with Gasteiger partial charge in [0.2, 0.25) is 0 Å². The molecule has 4 heteroatoms. The maximum absolute atomic E-state index is 12.4. The smallest absolute Gasteiger partial charge is 0.338 e. The van der Waals surface area contributed by atoms with Crippen LogP contribution in [0.5, 0.6) is 0 Å². The molecule has 0 saturated heterocycles. The molecule has 4 nitrogen and oxygen atoms in total. The summed E-state index contributed by atoms with van der Waals surface area (Å²) in [5, 5.41) is 0. The first kappa shape index (κ1) is 16.2. The number of imidazole rings is 1. The molecule has 1 heterocycles. The molecule has 0 saturated carbocycles. The highest BCUT2D eigenvalue weighted by Crippen LogP contribution is 2.25. The summed E-state index contributed by atoms with van der Waals surface area (Å²) in [5.74, 6) is 0.531. The lowest BCUT2D eigenvalue weighted by Gasteiger charge is -2.23. The Morgan fingerprint density at radius 2 is 1.92 bits per heavy atom. The van der Waals surface area contributed by atoms with Crippen LogP contribution in [0.1, 0.15) is 37.6 Å². The van der Waals surface area contributed by atoms with Crippen LogP contribution >= 0.6 is 0 Å². The highest BCUT2D eigenvalue weighted by molar-refractivity contribution is 5.91. The number of hydrogen-bond acceptors (Lipinski definition) is 3. The van der Waals surface area contributed by atoms with Crippen molar-refractivity contribution >= 4 is 17.0 Å². The monoisotopic (exact) mass is 322 g/mol. The van der Waals surface area contributed by atoms with Gasteiger partial charge < -0.3 is 9.30 Å². The number of carbonyl (C=O) groups excluding carboxylic acids is 1. The average Bonchev–Trinajstić information content (AvgIpc) is 2.92. The van der Waals surface area contributed by atoms with Gasteiger partial charge >= 0.3 is 5.97 Å². The molecule has 0 aliphatic heterocycles. The molecule has 0 bridgehead atoms. The van der Waals surface area contributed by atoms with Crippen molar-refractivity contribution in [1.29, 1.82) is 0 Å². The van der Waals surface area contributed by atoms with Gasteiger partial charge in [-0.3, -0.25) is 0 Å². The zero-order chi connectivity index (χ0) is 17.3. The van der Waals surface area contributed by atoms with E-state index >= 15 is 0 Å². The summed E-state index contributed by atoms with van der Waals surface area (Å²) < 4.78 is 7.62. The maximum atomic E-state index is 12.4. The molecule has 124 valence electrons. The minimum absolute atomic E-state index is 0.303. The third kappa shape index (κ3) is 3.04. The van der Waals surface area contributed by atoms with Gasteiger partial charge in [-0.05, 0) is 44.5 Å². The van der Waals surface area contributed by atoms with Crippen LogP contribution in [0.25, 0.3) is 22.4 Å². The van der Waals surface area contributed by atoms with Gasteiger partial charge in [0.05, 0.1) is 16.6 Å². The molecular weight excluding hydrogens is 300 g/mol. The summed E-state index contributed by atoms with van der Waals surface area (Å²) in [5.41, 5.74) is 2.98. The van der Waals surface area contributed by atoms with Gasteiger partial charge in [0.25, 0.3) is 0 Å². The first-order chi connectivity index (χ1) is 11.4. The molecule has 0 atom stereocenters. The number of benzene rings is 2. The molecule has 3 aromatic rings. The Kier molecular flexibility index (Phi) is 4.14. The third-order valence-electron chi connectivity index (χ3n) is 4.36. The van der Waals surface area contributed by atoms with Crippen molar-refractivity contribution in [3.8, 4) is 11.4 Å². The summed E-state index contributed by atoms with van der Waals surface area (Å²) in [6, 6.07) is 15.4. The number of aryl methyl sites for hydroxylation is 1. The van der Waals surface area contributed by atoms with Crippen LogP contribution in [0, 0.1) is 0 Å². The first-order valence-electron chi connectivity index (χ1n) is 8.16. The molecule has 0 aliphatic carbocycles. The second-order valence-corrected chi connectivity index (χ2v) is 6.57. The maximum Gasteiger partial charge on any atom is 0.338 e. The summed E-state index contributed by atoms with van der Waals surface area (Å²) in [6.07, 6.45) is 0.767. The SMILES string of the molecule is CCC(C)(C)OC(=O)c1cccc(-c2nc3ccccc3n2C)c1. The quantitative estimate of drug-likeness (QED) is 0.660. The number of esters is 1. The van der Waals surface area contributed by atoms with E-state index in [0.29, 0.717) is 5.56 Å². The second kappa shape index (κ2) is 6.11. The van der Waals surface area contributed by atoms with E-state index in [1.54, 1.807) is 6.07 Å². The van der Waals surface area contributed by atoms with Crippen LogP contribution in [-0.2, 0) is 11.8 Å². The Labute approximate surface area is 142 Å². The molecule has 2 aromatic carbocycles. The van der Waals surface area contributed by atoms with Crippen LogP contribution < -0.4 is 0 Å². The fourth-order valence-corrected chi connectivity index (χ4v) is 2.57. The number of ether oxygens (including phenoxy) is 1. The highest BCUT2D eigenvalue weighted by Gasteiger charge is 2.22. The predicted octanol–water partition coefficient (Wildman–Crippen LogP) is 4.59. The topological polar surface area (TPSA) is 44.1 Å². The van der Waals surface area contributed by atoms with Crippen LogP contribution in [0.15, 0.2) is 48.5 Å². The number of hydrogen-bond donors (Lipinski definition) is 0. The number of para-hydroxylation sites is 2. The first-order valence-corrected chi connectivity index (χ1v) is 8.16. The van der Waals surface area contributed by atoms with Crippen molar-refractivity contribution in [2.75, 3.05) is 0 Å². The second-order valence-electron chi connectivity index (χ2n) is 6.57. The molecule has 3 rings (SSSR count). The molecule has 1 aromatic heterocycles. The molecule has 0 amide bonds. The van der Waals surface area contributed by atoms with E-state index in [9.17, 15) is 4.79 Å². The predicted molar refractivity (Wildman–Crippen MR) is 95.9 cm³/mol. The van der Waals surface area contributed by atoms with Gasteiger partial charge in [-0.25, -0.2) is 9.78 Å². The van der Waals surface area contributed by atoms with E-state index in [1.165, 1.54) is 0 Å². The number of aromatic nitrogens is 2. The zero-order valence-corrected chi connectivity index (χ0v) is 14.5. The Hall–Kier alpha value is -2.62. The Morgan fingerprint density at radius 3 is 2.62 bits per heavy atom. The van der Waals surface area contributed by atoms with Gasteiger partial charge in [0.15, 0.2) is 0 Å². The van der Waals surface area contributed by atoms with Crippen molar-refractivity contribution in [2.45, 2.75) is 32.8 Å². The average molecular weight is 322 g/mol. The van der Waals surface area contributed by atoms with Crippen molar-refractivity contribution in [3.05, 3.63) is 54.1 Å². The molecular formula is C20H22N2O2. The van der Waals surface area contributed by atoms with Gasteiger partial charge in [0.1, 0.15) is 11.4 Å². The molecule has 0 spiro atoms. The Balaban J connectivity index is 1.98. The number of rotatable bonds is 4. The summed E-state index contributed by atoms with van der Waals surface area (Å²) in [6.45, 7) is 5.84. The molecule has 24 heavy (non-hydrogen) atoms. The normalized spacial score (nSPS) is 11.7. The lowest BCUT2D eigenvalue weighted by molar-refractivity contribution is -0.00242. The van der Waals surface area contributed by atoms with Gasteiger partial charge in [-0.15, -0.1) is 0 Å². The minimum Gasteiger partial charge on any atom is -0.456 e. The largest absolute Gasteiger partial charge is 0.456 e. The number of nitrogens with zero attached hydrogens (tertiary/aromatic N) is 2. The van der Waals surface area contributed by atoms with Gasteiger partial charge in [-0.1, -0.05) is 31.2 Å². The molecule has 0 unspecified atom stereocenters. The Morgan fingerprint density at radius 1 is 1.17 bits per heavy atom. The lowest BCUT2D eigenvalue weighted by atomic mass is 10.1. The number of carbonyl (C=O) groups is 1. The van der Waals surface area contributed by atoms with Crippen molar-refractivity contribution in [3.63, 3.8) is 0 Å². The molecule has 0 aliphatic rings. The van der Waals surface area contributed by atoms with Crippen LogP contribution in [0.4, 0.5) is 0 Å². The minimum atomic E-state index is -0.467. The van der Waals surface area contributed by atoms with E-state index in [2.05, 4.69) is 4.98 Å². The number of fused-ring (bicyclic) bond motifs is 1. The highest BCUT2D eigenvalue weighted by atomic mass is 16.6. The molecule has 0 fully saturated rings. The van der Waals surface area contributed by atoms with Crippen molar-refractivity contribution < 1.29 is 9.53 Å². The zero-order valence-electron chi connectivity index (χ0n) is 14.5. The van der Waals surface area contributed by atoms with Gasteiger partial charge in [-0.2, -0.15) is 0 Å². The molecule has 0 N–H and O–H groups in total. The fourth-order valence-electron chi connectivity index (χ4n) is 2.57. The summed E-state index contributed by atoms with van der Waals surface area (Å²) in [4.78, 5) is 17.1.